The van der Waals surface area contributed by atoms with Crippen LogP contribution in [0.4, 0.5) is 10.1 Å². The number of para-hydroxylation sites is 1. The lowest BCUT2D eigenvalue weighted by atomic mass is 10.00. The number of halogens is 1. The number of amides is 1. The van der Waals surface area contributed by atoms with Gasteiger partial charge in [-0.1, -0.05) is 30.3 Å². The van der Waals surface area contributed by atoms with E-state index in [9.17, 15) is 9.18 Å². The Kier molecular flexibility index (Phi) is 6.63. The highest BCUT2D eigenvalue weighted by molar-refractivity contribution is 6.06. The minimum Gasteiger partial charge on any atom is -0.497 e. The van der Waals surface area contributed by atoms with E-state index in [4.69, 9.17) is 4.74 Å². The fourth-order valence-electron chi connectivity index (χ4n) is 4.14. The zero-order valence-electron chi connectivity index (χ0n) is 17.7. The van der Waals surface area contributed by atoms with Gasteiger partial charge in [0.1, 0.15) is 11.6 Å². The van der Waals surface area contributed by atoms with Gasteiger partial charge < -0.3 is 9.64 Å². The van der Waals surface area contributed by atoms with Gasteiger partial charge in [0.25, 0.3) is 5.91 Å². The fourth-order valence-corrected chi connectivity index (χ4v) is 4.14. The van der Waals surface area contributed by atoms with Gasteiger partial charge >= 0.3 is 0 Å². The Balaban J connectivity index is 1.46. The highest BCUT2D eigenvalue weighted by atomic mass is 19.1. The first kappa shape index (κ1) is 21.1. The Hall–Kier alpha value is -3.18. The maximum Gasteiger partial charge on any atom is 0.258 e. The van der Waals surface area contributed by atoms with Gasteiger partial charge in [0.2, 0.25) is 0 Å². The fraction of sp³-hybridized carbons (Fsp3) is 0.269. The van der Waals surface area contributed by atoms with Gasteiger partial charge in [0.05, 0.1) is 7.11 Å². The normalized spacial score (nSPS) is 14.9. The topological polar surface area (TPSA) is 32.8 Å². The van der Waals surface area contributed by atoms with E-state index in [1.807, 2.05) is 47.4 Å². The molecule has 1 aliphatic rings. The number of benzene rings is 3. The summed E-state index contributed by atoms with van der Waals surface area (Å²) in [6, 6.07) is 23.8. The minimum atomic E-state index is -0.338. The van der Waals surface area contributed by atoms with E-state index in [-0.39, 0.29) is 17.8 Å². The van der Waals surface area contributed by atoms with Crippen LogP contribution in [0.3, 0.4) is 0 Å². The van der Waals surface area contributed by atoms with Gasteiger partial charge in [0.15, 0.2) is 0 Å². The van der Waals surface area contributed by atoms with Gasteiger partial charge in [-0.3, -0.25) is 9.69 Å². The third kappa shape index (κ3) is 5.12. The predicted octanol–water partition coefficient (Wildman–Crippen LogP) is 5.15. The van der Waals surface area contributed by atoms with Crippen LogP contribution < -0.4 is 9.64 Å². The number of anilines is 1. The molecule has 0 aromatic heterocycles. The van der Waals surface area contributed by atoms with Crippen molar-refractivity contribution in [1.82, 2.24) is 4.90 Å². The summed E-state index contributed by atoms with van der Waals surface area (Å²) in [5.41, 5.74) is 2.64. The number of nitrogens with zero attached hydrogens (tertiary/aromatic N) is 2. The van der Waals surface area contributed by atoms with Gasteiger partial charge in [-0.2, -0.15) is 0 Å². The lowest BCUT2D eigenvalue weighted by Crippen LogP contribution is -2.47. The van der Waals surface area contributed by atoms with Crippen molar-refractivity contribution in [3.05, 3.63) is 95.8 Å². The van der Waals surface area contributed by atoms with E-state index in [1.54, 1.807) is 19.2 Å². The molecule has 0 radical (unpaired) electrons. The summed E-state index contributed by atoms with van der Waals surface area (Å²) in [5.74, 6) is 0.440. The zero-order valence-corrected chi connectivity index (χ0v) is 17.7. The molecule has 3 aromatic rings. The summed E-state index contributed by atoms with van der Waals surface area (Å²) in [7, 11) is 1.67. The molecule has 0 N–H and O–H groups in total. The number of carbonyl (C=O) groups excluding carboxylic acids is 1. The Bertz CT molecular complexity index is 982. The van der Waals surface area contributed by atoms with Crippen molar-refractivity contribution in [1.29, 1.82) is 0 Å². The second-order valence-corrected chi connectivity index (χ2v) is 7.87. The number of hydrogen-bond acceptors (Lipinski definition) is 3. The molecule has 0 spiro atoms. The lowest BCUT2D eigenvalue weighted by molar-refractivity contribution is 0.0958. The number of rotatable bonds is 6. The largest absolute Gasteiger partial charge is 0.497 e. The van der Waals surface area contributed by atoms with E-state index < -0.39 is 0 Å². The number of ether oxygens (including phenoxy) is 1. The van der Waals surface area contributed by atoms with Crippen molar-refractivity contribution in [2.75, 3.05) is 25.1 Å². The smallest absolute Gasteiger partial charge is 0.258 e. The molecule has 0 unspecified atom stereocenters. The molecule has 0 atom stereocenters. The van der Waals surface area contributed by atoms with E-state index in [0.29, 0.717) is 5.56 Å². The molecule has 0 aliphatic carbocycles. The van der Waals surface area contributed by atoms with Crippen molar-refractivity contribution < 1.29 is 13.9 Å². The van der Waals surface area contributed by atoms with Crippen molar-refractivity contribution in [3.8, 4) is 5.75 Å². The van der Waals surface area contributed by atoms with Crippen LogP contribution in [0.1, 0.15) is 28.8 Å². The molecule has 31 heavy (non-hydrogen) atoms. The number of likely N-dealkylation sites (tertiary alicyclic amines) is 1. The summed E-state index contributed by atoms with van der Waals surface area (Å²) < 4.78 is 18.6. The van der Waals surface area contributed by atoms with E-state index in [1.165, 1.54) is 17.7 Å². The van der Waals surface area contributed by atoms with Crippen LogP contribution in [0.2, 0.25) is 0 Å². The Morgan fingerprint density at radius 2 is 1.61 bits per heavy atom. The van der Waals surface area contributed by atoms with Crippen molar-refractivity contribution in [3.63, 3.8) is 0 Å². The molecule has 0 bridgehead atoms. The summed E-state index contributed by atoms with van der Waals surface area (Å²) in [4.78, 5) is 17.7. The van der Waals surface area contributed by atoms with Gasteiger partial charge in [-0.15, -0.1) is 0 Å². The number of piperidine rings is 1. The molecule has 1 fully saturated rings. The first-order valence-corrected chi connectivity index (χ1v) is 10.6. The van der Waals surface area contributed by atoms with E-state index in [0.717, 1.165) is 43.9 Å². The van der Waals surface area contributed by atoms with Crippen LogP contribution in [0.5, 0.6) is 5.75 Å². The average molecular weight is 419 g/mol. The molecule has 4 nitrogen and oxygen atoms in total. The van der Waals surface area contributed by atoms with Crippen LogP contribution >= 0.6 is 0 Å². The maximum absolute atomic E-state index is 13.4. The second kappa shape index (κ2) is 9.75. The van der Waals surface area contributed by atoms with Gasteiger partial charge in [-0.25, -0.2) is 4.39 Å². The third-order valence-corrected chi connectivity index (χ3v) is 5.83. The molecule has 1 heterocycles. The lowest BCUT2D eigenvalue weighted by Gasteiger charge is -2.38. The average Bonchev–Trinajstić information content (AvgIpc) is 2.82. The maximum atomic E-state index is 13.4. The number of methoxy groups -OCH3 is 1. The second-order valence-electron chi connectivity index (χ2n) is 7.87. The van der Waals surface area contributed by atoms with Crippen molar-refractivity contribution >= 4 is 11.6 Å². The van der Waals surface area contributed by atoms with Gasteiger partial charge in [0, 0.05) is 36.9 Å². The highest BCUT2D eigenvalue weighted by Gasteiger charge is 2.29. The van der Waals surface area contributed by atoms with E-state index in [2.05, 4.69) is 17.0 Å². The third-order valence-electron chi connectivity index (χ3n) is 5.83. The summed E-state index contributed by atoms with van der Waals surface area (Å²) in [6.45, 7) is 2.71. The molecular formula is C26H27FN2O2. The molecule has 160 valence electrons. The Morgan fingerprint density at radius 3 is 2.23 bits per heavy atom. The number of hydrogen-bond donors (Lipinski definition) is 0. The summed E-state index contributed by atoms with van der Waals surface area (Å²) >= 11 is 0. The minimum absolute atomic E-state index is 0.0835. The molecule has 3 aromatic carbocycles. The van der Waals surface area contributed by atoms with Crippen LogP contribution in [0.25, 0.3) is 0 Å². The monoisotopic (exact) mass is 418 g/mol. The molecule has 5 heteroatoms. The van der Waals surface area contributed by atoms with Crippen LogP contribution in [-0.2, 0) is 6.54 Å². The van der Waals surface area contributed by atoms with Gasteiger partial charge in [-0.05, 0) is 66.9 Å². The van der Waals surface area contributed by atoms with E-state index >= 15 is 0 Å². The molecule has 1 amide bonds. The van der Waals surface area contributed by atoms with Crippen molar-refractivity contribution in [2.24, 2.45) is 0 Å². The molecular weight excluding hydrogens is 391 g/mol. The molecule has 1 aliphatic heterocycles. The summed E-state index contributed by atoms with van der Waals surface area (Å²) in [5, 5.41) is 0. The van der Waals surface area contributed by atoms with Crippen molar-refractivity contribution in [2.45, 2.75) is 25.4 Å². The standard InChI is InChI=1S/C26H27FN2O2/c1-31-25-13-7-20(8-14-25)19-28-17-15-24(16-18-28)29(23-5-3-2-4-6-23)26(30)21-9-11-22(27)12-10-21/h2-14,24H,15-19H2,1H3. The SMILES string of the molecule is COc1ccc(CN2CCC(N(C(=O)c3ccc(F)cc3)c3ccccc3)CC2)cc1. The first-order valence-electron chi connectivity index (χ1n) is 10.6. The predicted molar refractivity (Wildman–Crippen MR) is 121 cm³/mol. The van der Waals surface area contributed by atoms with Crippen LogP contribution in [-0.4, -0.2) is 37.0 Å². The molecule has 1 saturated heterocycles. The highest BCUT2D eigenvalue weighted by Crippen LogP contribution is 2.27. The zero-order chi connectivity index (χ0) is 21.6. The Morgan fingerprint density at radius 1 is 0.968 bits per heavy atom. The number of carbonyl (C=O) groups is 1. The Labute approximate surface area is 182 Å². The van der Waals surface area contributed by atoms with Crippen LogP contribution in [0.15, 0.2) is 78.9 Å². The van der Waals surface area contributed by atoms with Crippen LogP contribution in [0, 0.1) is 5.82 Å². The molecule has 0 saturated carbocycles. The summed E-state index contributed by atoms with van der Waals surface area (Å²) in [6.07, 6.45) is 1.77. The molecule has 4 rings (SSSR count). The first-order chi connectivity index (χ1) is 15.1. The quantitative estimate of drug-likeness (QED) is 0.555.